The minimum absolute atomic E-state index is 0.151. The van der Waals surface area contributed by atoms with Gasteiger partial charge in [-0.05, 0) is 42.7 Å². The van der Waals surface area contributed by atoms with E-state index in [2.05, 4.69) is 21.2 Å². The van der Waals surface area contributed by atoms with Crippen LogP contribution in [0.5, 0.6) is 0 Å². The number of hydrogen-bond donors (Lipinski definition) is 1. The second-order valence-electron chi connectivity index (χ2n) is 4.70. The van der Waals surface area contributed by atoms with Crippen molar-refractivity contribution >= 4 is 33.2 Å². The zero-order chi connectivity index (χ0) is 13.4. The van der Waals surface area contributed by atoms with Crippen LogP contribution in [0.25, 0.3) is 0 Å². The number of hydrogen-bond acceptors (Lipinski definition) is 1. The maximum atomic E-state index is 13.8. The Kier molecular flexibility index (Phi) is 3.50. The maximum absolute atomic E-state index is 13.8. The average molecular weight is 341 g/mol. The Bertz CT molecular complexity index is 630. The first kappa shape index (κ1) is 12.9. The van der Waals surface area contributed by atoms with E-state index in [1.807, 2.05) is 30.3 Å². The molecule has 2 aromatic rings. The minimum Gasteiger partial charge on any atom is -0.378 e. The van der Waals surface area contributed by atoms with E-state index in [-0.39, 0.29) is 11.9 Å². The van der Waals surface area contributed by atoms with Gasteiger partial charge in [-0.3, -0.25) is 0 Å². The standard InChI is InChI=1S/C15H12BrClFN/c16-10-7-13(18)12-4-5-14(19-15(12)8-10)9-2-1-3-11(17)6-9/h1-3,6-8,14,19H,4-5H2. The van der Waals surface area contributed by atoms with Crippen LogP contribution in [-0.2, 0) is 6.42 Å². The number of rotatable bonds is 1. The fraction of sp³-hybridized carbons (Fsp3) is 0.200. The molecule has 0 amide bonds. The molecule has 0 saturated heterocycles. The molecule has 98 valence electrons. The highest BCUT2D eigenvalue weighted by Crippen LogP contribution is 2.36. The molecule has 1 unspecified atom stereocenters. The fourth-order valence-corrected chi connectivity index (χ4v) is 3.14. The summed E-state index contributed by atoms with van der Waals surface area (Å²) < 4.78 is 14.6. The van der Waals surface area contributed by atoms with E-state index in [0.29, 0.717) is 0 Å². The van der Waals surface area contributed by atoms with E-state index >= 15 is 0 Å². The quantitative estimate of drug-likeness (QED) is 0.739. The molecular weight excluding hydrogens is 329 g/mol. The minimum atomic E-state index is -0.151. The molecule has 0 aliphatic carbocycles. The predicted octanol–water partition coefficient (Wildman–Crippen LogP) is 5.34. The Labute approximate surface area is 124 Å². The zero-order valence-electron chi connectivity index (χ0n) is 10.1. The summed E-state index contributed by atoms with van der Waals surface area (Å²) in [4.78, 5) is 0. The number of nitrogens with one attached hydrogen (secondary N) is 1. The Hall–Kier alpha value is -1.06. The van der Waals surface area contributed by atoms with E-state index in [9.17, 15) is 4.39 Å². The van der Waals surface area contributed by atoms with Gasteiger partial charge < -0.3 is 5.32 Å². The van der Waals surface area contributed by atoms with Crippen LogP contribution in [0.4, 0.5) is 10.1 Å². The largest absolute Gasteiger partial charge is 0.378 e. The number of anilines is 1. The van der Waals surface area contributed by atoms with Gasteiger partial charge >= 0.3 is 0 Å². The molecule has 1 aliphatic rings. The van der Waals surface area contributed by atoms with Gasteiger partial charge in [0.15, 0.2) is 0 Å². The third kappa shape index (κ3) is 2.63. The summed E-state index contributed by atoms with van der Waals surface area (Å²) in [6.07, 6.45) is 1.60. The van der Waals surface area contributed by atoms with E-state index in [0.717, 1.165) is 39.2 Å². The normalized spacial score (nSPS) is 17.7. The molecule has 1 aliphatic heterocycles. The van der Waals surface area contributed by atoms with E-state index in [4.69, 9.17) is 11.6 Å². The van der Waals surface area contributed by atoms with Crippen molar-refractivity contribution in [3.63, 3.8) is 0 Å². The molecule has 0 bridgehead atoms. The molecule has 0 spiro atoms. The van der Waals surface area contributed by atoms with E-state index in [1.165, 1.54) is 6.07 Å². The Morgan fingerprint density at radius 2 is 2.11 bits per heavy atom. The van der Waals surface area contributed by atoms with Gasteiger partial charge in [0.25, 0.3) is 0 Å². The van der Waals surface area contributed by atoms with Gasteiger partial charge in [0.1, 0.15) is 5.82 Å². The molecule has 3 rings (SSSR count). The molecule has 0 saturated carbocycles. The highest BCUT2D eigenvalue weighted by molar-refractivity contribution is 9.10. The van der Waals surface area contributed by atoms with Gasteiger partial charge in [0.2, 0.25) is 0 Å². The van der Waals surface area contributed by atoms with Crippen molar-refractivity contribution in [3.8, 4) is 0 Å². The number of fused-ring (bicyclic) bond motifs is 1. The molecule has 4 heteroatoms. The first-order valence-electron chi connectivity index (χ1n) is 6.13. The van der Waals surface area contributed by atoms with Gasteiger partial charge in [0, 0.05) is 20.7 Å². The topological polar surface area (TPSA) is 12.0 Å². The number of halogens is 3. The summed E-state index contributed by atoms with van der Waals surface area (Å²) in [6, 6.07) is 11.4. The van der Waals surface area contributed by atoms with Crippen LogP contribution in [0.2, 0.25) is 5.02 Å². The van der Waals surface area contributed by atoms with Crippen LogP contribution in [0.1, 0.15) is 23.6 Å². The maximum Gasteiger partial charge on any atom is 0.129 e. The lowest BCUT2D eigenvalue weighted by atomic mass is 9.93. The SMILES string of the molecule is Fc1cc(Br)cc2c1CCC(c1cccc(Cl)c1)N2. The van der Waals surface area contributed by atoms with Crippen molar-refractivity contribution in [2.24, 2.45) is 0 Å². The van der Waals surface area contributed by atoms with Crippen molar-refractivity contribution in [3.05, 3.63) is 62.8 Å². The third-order valence-electron chi connectivity index (χ3n) is 3.42. The molecule has 0 aromatic heterocycles. The highest BCUT2D eigenvalue weighted by Gasteiger charge is 2.22. The average Bonchev–Trinajstić information content (AvgIpc) is 2.37. The predicted molar refractivity (Wildman–Crippen MR) is 80.2 cm³/mol. The van der Waals surface area contributed by atoms with Crippen LogP contribution in [0.15, 0.2) is 40.9 Å². The summed E-state index contributed by atoms with van der Waals surface area (Å²) >= 11 is 9.35. The Balaban J connectivity index is 1.94. The van der Waals surface area contributed by atoms with Crippen LogP contribution in [0.3, 0.4) is 0 Å². The monoisotopic (exact) mass is 339 g/mol. The molecule has 1 nitrogen and oxygen atoms in total. The van der Waals surface area contributed by atoms with Crippen molar-refractivity contribution in [2.75, 3.05) is 5.32 Å². The summed E-state index contributed by atoms with van der Waals surface area (Å²) in [5.41, 5.74) is 2.77. The van der Waals surface area contributed by atoms with Gasteiger partial charge in [-0.2, -0.15) is 0 Å². The smallest absolute Gasteiger partial charge is 0.129 e. The zero-order valence-corrected chi connectivity index (χ0v) is 12.4. The summed E-state index contributed by atoms with van der Waals surface area (Å²) in [6.45, 7) is 0. The van der Waals surface area contributed by atoms with Gasteiger partial charge in [-0.25, -0.2) is 4.39 Å². The molecule has 19 heavy (non-hydrogen) atoms. The molecule has 0 fully saturated rings. The fourth-order valence-electron chi connectivity index (χ4n) is 2.51. The lowest BCUT2D eigenvalue weighted by Crippen LogP contribution is -2.19. The third-order valence-corrected chi connectivity index (χ3v) is 4.12. The van der Waals surface area contributed by atoms with Crippen LogP contribution in [0, 0.1) is 5.82 Å². The Morgan fingerprint density at radius 3 is 2.89 bits per heavy atom. The molecule has 0 radical (unpaired) electrons. The lowest BCUT2D eigenvalue weighted by Gasteiger charge is -2.28. The van der Waals surface area contributed by atoms with E-state index < -0.39 is 0 Å². The molecule has 1 N–H and O–H groups in total. The summed E-state index contributed by atoms with van der Waals surface area (Å²) in [5.74, 6) is -0.151. The number of benzene rings is 2. The first-order valence-corrected chi connectivity index (χ1v) is 7.30. The van der Waals surface area contributed by atoms with Crippen molar-refractivity contribution in [1.29, 1.82) is 0 Å². The van der Waals surface area contributed by atoms with E-state index in [1.54, 1.807) is 0 Å². The molecule has 1 heterocycles. The molecule has 1 atom stereocenters. The Morgan fingerprint density at radius 1 is 1.26 bits per heavy atom. The summed E-state index contributed by atoms with van der Waals surface area (Å²) in [5, 5.41) is 4.12. The second-order valence-corrected chi connectivity index (χ2v) is 6.06. The van der Waals surface area contributed by atoms with Gasteiger partial charge in [-0.1, -0.05) is 39.7 Å². The second kappa shape index (κ2) is 5.14. The summed E-state index contributed by atoms with van der Waals surface area (Å²) in [7, 11) is 0. The van der Waals surface area contributed by atoms with Crippen LogP contribution in [-0.4, -0.2) is 0 Å². The van der Waals surface area contributed by atoms with Crippen LogP contribution >= 0.6 is 27.5 Å². The van der Waals surface area contributed by atoms with Gasteiger partial charge in [-0.15, -0.1) is 0 Å². The lowest BCUT2D eigenvalue weighted by molar-refractivity contribution is 0.581. The van der Waals surface area contributed by atoms with Crippen molar-refractivity contribution in [1.82, 2.24) is 0 Å². The molecule has 2 aromatic carbocycles. The molecular formula is C15H12BrClFN. The van der Waals surface area contributed by atoms with Gasteiger partial charge in [0.05, 0.1) is 6.04 Å². The van der Waals surface area contributed by atoms with Crippen molar-refractivity contribution < 1.29 is 4.39 Å². The van der Waals surface area contributed by atoms with Crippen molar-refractivity contribution in [2.45, 2.75) is 18.9 Å². The van der Waals surface area contributed by atoms with Crippen LogP contribution < -0.4 is 5.32 Å². The first-order chi connectivity index (χ1) is 9.13. The highest BCUT2D eigenvalue weighted by atomic mass is 79.9.